The van der Waals surface area contributed by atoms with Crippen molar-refractivity contribution in [2.24, 2.45) is 0 Å². The number of hydrogen-bond donors (Lipinski definition) is 0. The van der Waals surface area contributed by atoms with Crippen molar-refractivity contribution < 1.29 is 22.5 Å². The van der Waals surface area contributed by atoms with Crippen LogP contribution in [0.15, 0.2) is 70.1 Å². The van der Waals surface area contributed by atoms with Crippen LogP contribution >= 0.6 is 11.6 Å². The molecule has 10 nitrogen and oxygen atoms in total. The average Bonchev–Trinajstić information content (AvgIpc) is 3.53. The zero-order chi connectivity index (χ0) is 27.1. The molecule has 202 valence electrons. The zero-order valence-corrected chi connectivity index (χ0v) is 22.7. The van der Waals surface area contributed by atoms with Crippen LogP contribution in [0.2, 0.25) is 5.02 Å². The van der Waals surface area contributed by atoms with E-state index in [-0.39, 0.29) is 11.0 Å². The van der Waals surface area contributed by atoms with Crippen LogP contribution in [0.25, 0.3) is 22.2 Å². The number of amides is 1. The molecule has 1 aromatic heterocycles. The summed E-state index contributed by atoms with van der Waals surface area (Å²) < 4.78 is 38.8. The van der Waals surface area contributed by atoms with Crippen LogP contribution in [0, 0.1) is 6.92 Å². The van der Waals surface area contributed by atoms with E-state index in [2.05, 4.69) is 15.0 Å². The van der Waals surface area contributed by atoms with Crippen molar-refractivity contribution >= 4 is 44.2 Å². The van der Waals surface area contributed by atoms with Crippen LogP contribution in [0.1, 0.15) is 5.89 Å². The molecule has 2 saturated heterocycles. The number of rotatable bonds is 6. The maximum atomic E-state index is 13.3. The summed E-state index contributed by atoms with van der Waals surface area (Å²) in [4.78, 5) is 20.8. The molecule has 2 aliphatic rings. The molecular weight excluding hydrogens is 542 g/mol. The van der Waals surface area contributed by atoms with Crippen LogP contribution in [0.4, 0.5) is 10.5 Å². The third-order valence-electron chi connectivity index (χ3n) is 7.04. The first kappa shape index (κ1) is 25.8. The van der Waals surface area contributed by atoms with Crippen molar-refractivity contribution in [1.82, 2.24) is 19.3 Å². The van der Waals surface area contributed by atoms with Gasteiger partial charge in [0.1, 0.15) is 6.10 Å². The summed E-state index contributed by atoms with van der Waals surface area (Å²) in [7, 11) is -3.62. The molecule has 1 unspecified atom stereocenters. The lowest BCUT2D eigenvalue weighted by molar-refractivity contribution is 0.0937. The lowest BCUT2D eigenvalue weighted by Gasteiger charge is -2.34. The third kappa shape index (κ3) is 5.22. The molecule has 1 atom stereocenters. The number of carbonyl (C=O) groups is 1. The Hall–Kier alpha value is -3.51. The van der Waals surface area contributed by atoms with Crippen LogP contribution in [0.3, 0.4) is 0 Å². The van der Waals surface area contributed by atoms with Crippen molar-refractivity contribution in [2.45, 2.75) is 17.9 Å². The number of sulfonamides is 1. The highest BCUT2D eigenvalue weighted by Gasteiger charge is 2.35. The molecule has 4 aromatic rings. The highest BCUT2D eigenvalue weighted by atomic mass is 35.5. The van der Waals surface area contributed by atoms with Crippen LogP contribution < -0.4 is 4.90 Å². The Morgan fingerprint density at radius 2 is 1.69 bits per heavy atom. The van der Waals surface area contributed by atoms with E-state index < -0.39 is 16.1 Å². The van der Waals surface area contributed by atoms with Gasteiger partial charge in [0.2, 0.25) is 21.7 Å². The standard InChI is InChI=1S/C27H26ClN5O5S/c1-18-29-26(30-38-18)19-3-7-23(8-4-19)33-17-24(37-27(33)34)16-31-10-12-32(13-11-31)39(35,36)25-9-5-20-14-22(28)6-2-21(20)15-25/h2-9,14-15,24H,10-13,16-17H2,1H3. The molecule has 3 heterocycles. The minimum absolute atomic E-state index is 0.270. The van der Waals surface area contributed by atoms with Crippen molar-refractivity contribution in [1.29, 1.82) is 0 Å². The van der Waals surface area contributed by atoms with Crippen molar-refractivity contribution in [3.05, 3.63) is 71.6 Å². The Morgan fingerprint density at radius 3 is 2.41 bits per heavy atom. The van der Waals surface area contributed by atoms with Gasteiger partial charge < -0.3 is 9.26 Å². The number of aromatic nitrogens is 2. The second kappa shape index (κ2) is 10.2. The number of benzene rings is 3. The zero-order valence-electron chi connectivity index (χ0n) is 21.2. The Balaban J connectivity index is 1.05. The van der Waals surface area contributed by atoms with E-state index in [1.54, 1.807) is 36.1 Å². The first-order valence-corrected chi connectivity index (χ1v) is 14.4. The SMILES string of the molecule is Cc1nc(-c2ccc(N3CC(CN4CCN(S(=O)(=O)c5ccc6cc(Cl)ccc6c5)CC4)OC3=O)cc2)no1. The van der Waals surface area contributed by atoms with E-state index in [0.717, 1.165) is 22.0 Å². The molecule has 2 fully saturated rings. The topological polar surface area (TPSA) is 109 Å². The number of anilines is 1. The minimum Gasteiger partial charge on any atom is -0.443 e. The second-order valence-corrected chi connectivity index (χ2v) is 12.0. The number of aryl methyl sites for hydroxylation is 1. The first-order chi connectivity index (χ1) is 18.8. The van der Waals surface area contributed by atoms with Gasteiger partial charge in [-0.25, -0.2) is 13.2 Å². The van der Waals surface area contributed by atoms with Gasteiger partial charge in [0.15, 0.2) is 0 Å². The average molecular weight is 568 g/mol. The minimum atomic E-state index is -3.62. The third-order valence-corrected chi connectivity index (χ3v) is 9.17. The van der Waals surface area contributed by atoms with Gasteiger partial charge in [0.05, 0.1) is 11.4 Å². The molecular formula is C27H26ClN5O5S. The highest BCUT2D eigenvalue weighted by molar-refractivity contribution is 7.89. The molecule has 3 aromatic carbocycles. The maximum Gasteiger partial charge on any atom is 0.414 e. The molecule has 0 aliphatic carbocycles. The summed E-state index contributed by atoms with van der Waals surface area (Å²) in [6.45, 7) is 4.51. The summed E-state index contributed by atoms with van der Waals surface area (Å²) in [5.74, 6) is 0.977. The number of hydrogen-bond acceptors (Lipinski definition) is 8. The molecule has 1 amide bonds. The summed E-state index contributed by atoms with van der Waals surface area (Å²) in [6, 6.07) is 17.8. The second-order valence-electron chi connectivity index (χ2n) is 9.66. The lowest BCUT2D eigenvalue weighted by Crippen LogP contribution is -2.50. The van der Waals surface area contributed by atoms with Crippen molar-refractivity contribution in [3.63, 3.8) is 0 Å². The van der Waals surface area contributed by atoms with Gasteiger partial charge in [0, 0.05) is 55.9 Å². The molecule has 0 saturated carbocycles. The summed E-state index contributed by atoms with van der Waals surface area (Å²) in [5, 5.41) is 6.24. The van der Waals surface area contributed by atoms with Gasteiger partial charge in [-0.3, -0.25) is 9.80 Å². The fourth-order valence-electron chi connectivity index (χ4n) is 4.98. The van der Waals surface area contributed by atoms with Gasteiger partial charge in [-0.15, -0.1) is 0 Å². The highest BCUT2D eigenvalue weighted by Crippen LogP contribution is 2.27. The lowest BCUT2D eigenvalue weighted by atomic mass is 10.1. The summed E-state index contributed by atoms with van der Waals surface area (Å²) in [5.41, 5.74) is 1.51. The van der Waals surface area contributed by atoms with Gasteiger partial charge in [0.25, 0.3) is 0 Å². The van der Waals surface area contributed by atoms with Crippen LogP contribution in [-0.4, -0.2) is 79.2 Å². The molecule has 12 heteroatoms. The predicted molar refractivity (Wildman–Crippen MR) is 146 cm³/mol. The van der Waals surface area contributed by atoms with E-state index in [0.29, 0.717) is 56.0 Å². The van der Waals surface area contributed by atoms with Crippen molar-refractivity contribution in [3.8, 4) is 11.4 Å². The number of piperazine rings is 1. The fourth-order valence-corrected chi connectivity index (χ4v) is 6.62. The number of nitrogens with zero attached hydrogens (tertiary/aromatic N) is 5. The van der Waals surface area contributed by atoms with Crippen LogP contribution in [0.5, 0.6) is 0 Å². The first-order valence-electron chi connectivity index (χ1n) is 12.6. The Labute approximate surface area is 230 Å². The van der Waals surface area contributed by atoms with Gasteiger partial charge in [-0.2, -0.15) is 9.29 Å². The van der Waals surface area contributed by atoms with Crippen LogP contribution in [-0.2, 0) is 14.8 Å². The fraction of sp³-hybridized carbons (Fsp3) is 0.296. The number of ether oxygens (including phenoxy) is 1. The monoisotopic (exact) mass is 567 g/mol. The molecule has 0 spiro atoms. The summed E-state index contributed by atoms with van der Waals surface area (Å²) >= 11 is 6.05. The summed E-state index contributed by atoms with van der Waals surface area (Å²) in [6.07, 6.45) is -0.713. The molecule has 2 aliphatic heterocycles. The van der Waals surface area contributed by atoms with E-state index >= 15 is 0 Å². The van der Waals surface area contributed by atoms with Gasteiger partial charge in [-0.05, 0) is 59.3 Å². The molecule has 0 radical (unpaired) electrons. The molecule has 0 bridgehead atoms. The molecule has 39 heavy (non-hydrogen) atoms. The maximum absolute atomic E-state index is 13.3. The van der Waals surface area contributed by atoms with Gasteiger partial charge in [-0.1, -0.05) is 28.9 Å². The van der Waals surface area contributed by atoms with E-state index in [9.17, 15) is 13.2 Å². The Morgan fingerprint density at radius 1 is 0.974 bits per heavy atom. The molecule has 0 N–H and O–H groups in total. The predicted octanol–water partition coefficient (Wildman–Crippen LogP) is 4.18. The largest absolute Gasteiger partial charge is 0.443 e. The quantitative estimate of drug-likeness (QED) is 0.341. The normalized spacial score (nSPS) is 19.1. The Bertz CT molecular complexity index is 1630. The van der Waals surface area contributed by atoms with E-state index in [4.69, 9.17) is 20.9 Å². The number of halogens is 1. The number of carbonyl (C=O) groups excluding carboxylic acids is 1. The van der Waals surface area contributed by atoms with E-state index in [1.165, 1.54) is 4.31 Å². The number of cyclic esters (lactones) is 1. The Kier molecular flexibility index (Phi) is 6.76. The number of fused-ring (bicyclic) bond motifs is 1. The smallest absolute Gasteiger partial charge is 0.414 e. The van der Waals surface area contributed by atoms with Gasteiger partial charge >= 0.3 is 6.09 Å². The van der Waals surface area contributed by atoms with E-state index in [1.807, 2.05) is 36.4 Å². The molecule has 6 rings (SSSR count). The van der Waals surface area contributed by atoms with Crippen molar-refractivity contribution in [2.75, 3.05) is 44.2 Å².